The fraction of sp³-hybridized carbons (Fsp3) is 0.0556. The third kappa shape index (κ3) is 2.72. The van der Waals surface area contributed by atoms with Gasteiger partial charge in [0.2, 0.25) is 0 Å². The van der Waals surface area contributed by atoms with Crippen LogP contribution in [0.15, 0.2) is 54.7 Å². The van der Waals surface area contributed by atoms with Crippen LogP contribution >= 0.6 is 11.6 Å². The van der Waals surface area contributed by atoms with Crippen molar-refractivity contribution in [3.63, 3.8) is 0 Å². The quantitative estimate of drug-likeness (QED) is 0.556. The molecule has 0 unspecified atom stereocenters. The van der Waals surface area contributed by atoms with Gasteiger partial charge in [-0.25, -0.2) is 13.8 Å². The number of rotatable bonds is 2. The molecular formula is C18H12ClF2N. The number of hydrogen-bond donors (Lipinski definition) is 0. The highest BCUT2D eigenvalue weighted by atomic mass is 35.5. The Bertz CT molecular complexity index is 812. The molecule has 110 valence electrons. The molecule has 1 nitrogen and oxygen atoms in total. The van der Waals surface area contributed by atoms with Gasteiger partial charge in [-0.1, -0.05) is 35.9 Å². The summed E-state index contributed by atoms with van der Waals surface area (Å²) in [7, 11) is 0. The lowest BCUT2D eigenvalue weighted by Crippen LogP contribution is -1.93. The molecule has 0 aliphatic heterocycles. The largest absolute Gasteiger partial charge is 0.243 e. The third-order valence-electron chi connectivity index (χ3n) is 3.58. The molecule has 0 bridgehead atoms. The summed E-state index contributed by atoms with van der Waals surface area (Å²) in [5.41, 5.74) is 4.18. The minimum absolute atomic E-state index is 0.290. The van der Waals surface area contributed by atoms with Crippen LogP contribution in [0.4, 0.5) is 8.78 Å². The van der Waals surface area contributed by atoms with Gasteiger partial charge >= 0.3 is 0 Å². The van der Waals surface area contributed by atoms with Gasteiger partial charge in [-0.15, -0.1) is 0 Å². The van der Waals surface area contributed by atoms with Crippen molar-refractivity contribution in [3.8, 4) is 22.3 Å². The summed E-state index contributed by atoms with van der Waals surface area (Å²) < 4.78 is 26.2. The van der Waals surface area contributed by atoms with Crippen LogP contribution in [-0.2, 0) is 0 Å². The van der Waals surface area contributed by atoms with Crippen molar-refractivity contribution in [1.82, 2.24) is 4.98 Å². The Hall–Kier alpha value is -2.26. The van der Waals surface area contributed by atoms with Crippen LogP contribution in [0.3, 0.4) is 0 Å². The normalized spacial score (nSPS) is 10.7. The second kappa shape index (κ2) is 5.85. The molecule has 0 aliphatic carbocycles. The molecule has 0 aliphatic rings. The minimum Gasteiger partial charge on any atom is -0.243 e. The molecule has 0 N–H and O–H groups in total. The molecule has 3 rings (SSSR count). The Balaban J connectivity index is 2.17. The summed E-state index contributed by atoms with van der Waals surface area (Å²) in [6, 6.07) is 12.3. The van der Waals surface area contributed by atoms with Crippen LogP contribution in [-0.4, -0.2) is 4.98 Å². The van der Waals surface area contributed by atoms with Gasteiger partial charge < -0.3 is 0 Å². The molecule has 0 spiro atoms. The molecule has 1 aromatic heterocycles. The summed E-state index contributed by atoms with van der Waals surface area (Å²) in [5, 5.41) is 0.356. The van der Waals surface area contributed by atoms with Gasteiger partial charge in [0.05, 0.1) is 0 Å². The fourth-order valence-electron chi connectivity index (χ4n) is 2.44. The molecule has 22 heavy (non-hydrogen) atoms. The molecule has 0 saturated carbocycles. The molecule has 0 amide bonds. The van der Waals surface area contributed by atoms with Crippen LogP contribution in [0.5, 0.6) is 0 Å². The molecule has 0 radical (unpaired) electrons. The predicted octanol–water partition coefficient (Wildman–Crippen LogP) is 5.66. The highest BCUT2D eigenvalue weighted by Gasteiger charge is 2.13. The smallest absolute Gasteiger partial charge is 0.137 e. The van der Waals surface area contributed by atoms with Gasteiger partial charge in [-0.3, -0.25) is 0 Å². The molecule has 0 saturated heterocycles. The van der Waals surface area contributed by atoms with E-state index in [2.05, 4.69) is 4.98 Å². The zero-order valence-electron chi connectivity index (χ0n) is 11.8. The Morgan fingerprint density at radius 3 is 1.86 bits per heavy atom. The maximum Gasteiger partial charge on any atom is 0.137 e. The molecule has 4 heteroatoms. The summed E-state index contributed by atoms with van der Waals surface area (Å²) in [5.74, 6) is -0.595. The number of halogens is 3. The van der Waals surface area contributed by atoms with Crippen LogP contribution in [0.25, 0.3) is 22.3 Å². The molecule has 2 aromatic carbocycles. The van der Waals surface area contributed by atoms with Gasteiger partial charge in [-0.2, -0.15) is 0 Å². The monoisotopic (exact) mass is 315 g/mol. The van der Waals surface area contributed by atoms with Crippen molar-refractivity contribution in [2.75, 3.05) is 0 Å². The van der Waals surface area contributed by atoms with Gasteiger partial charge in [-0.05, 0) is 47.9 Å². The minimum atomic E-state index is -0.305. The second-order valence-corrected chi connectivity index (χ2v) is 5.33. The molecule has 0 fully saturated rings. The van der Waals surface area contributed by atoms with Crippen molar-refractivity contribution in [3.05, 3.63) is 77.1 Å². The van der Waals surface area contributed by atoms with Gasteiger partial charge in [0, 0.05) is 17.3 Å². The number of hydrogen-bond acceptors (Lipinski definition) is 1. The first-order chi connectivity index (χ1) is 10.6. The van der Waals surface area contributed by atoms with Crippen LogP contribution < -0.4 is 0 Å². The lowest BCUT2D eigenvalue weighted by molar-refractivity contribution is 0.627. The molecule has 3 aromatic rings. The topological polar surface area (TPSA) is 12.9 Å². The lowest BCUT2D eigenvalue weighted by Gasteiger charge is -2.13. The third-order valence-corrected chi connectivity index (χ3v) is 3.87. The van der Waals surface area contributed by atoms with E-state index < -0.39 is 0 Å². The summed E-state index contributed by atoms with van der Waals surface area (Å²) in [4.78, 5) is 4.22. The Morgan fingerprint density at radius 1 is 0.818 bits per heavy atom. The fourth-order valence-corrected chi connectivity index (χ4v) is 2.74. The second-order valence-electron chi connectivity index (χ2n) is 4.98. The van der Waals surface area contributed by atoms with Gasteiger partial charge in [0.15, 0.2) is 0 Å². The van der Waals surface area contributed by atoms with E-state index in [1.807, 2.05) is 6.92 Å². The average Bonchev–Trinajstić information content (AvgIpc) is 2.51. The number of benzene rings is 2. The molecular weight excluding hydrogens is 304 g/mol. The summed E-state index contributed by atoms with van der Waals surface area (Å²) in [6.07, 6.45) is 1.66. The van der Waals surface area contributed by atoms with Crippen molar-refractivity contribution >= 4 is 11.6 Å². The summed E-state index contributed by atoms with van der Waals surface area (Å²) >= 11 is 6.22. The van der Waals surface area contributed by atoms with E-state index in [1.165, 1.54) is 24.3 Å². The maximum atomic E-state index is 13.1. The van der Waals surface area contributed by atoms with Crippen LogP contribution in [0.1, 0.15) is 5.56 Å². The van der Waals surface area contributed by atoms with E-state index in [4.69, 9.17) is 11.6 Å². The van der Waals surface area contributed by atoms with E-state index in [9.17, 15) is 8.78 Å². The van der Waals surface area contributed by atoms with Crippen LogP contribution in [0, 0.1) is 18.6 Å². The first kappa shape index (κ1) is 14.7. The van der Waals surface area contributed by atoms with Crippen LogP contribution in [0.2, 0.25) is 5.15 Å². The number of nitrogens with zero attached hydrogens (tertiary/aromatic N) is 1. The zero-order valence-corrected chi connectivity index (χ0v) is 12.5. The van der Waals surface area contributed by atoms with Gasteiger partial charge in [0.1, 0.15) is 16.8 Å². The number of pyridine rings is 1. The Kier molecular flexibility index (Phi) is 3.90. The van der Waals surface area contributed by atoms with Crippen molar-refractivity contribution < 1.29 is 8.78 Å². The Morgan fingerprint density at radius 2 is 1.32 bits per heavy atom. The van der Waals surface area contributed by atoms with Crippen molar-refractivity contribution in [2.45, 2.75) is 6.92 Å². The maximum absolute atomic E-state index is 13.1. The Labute approximate surface area is 132 Å². The average molecular weight is 316 g/mol. The van der Waals surface area contributed by atoms with E-state index >= 15 is 0 Å². The highest BCUT2D eigenvalue weighted by molar-refractivity contribution is 6.32. The first-order valence-corrected chi connectivity index (χ1v) is 7.11. The highest BCUT2D eigenvalue weighted by Crippen LogP contribution is 2.35. The standard InChI is InChI=1S/C18H12ClF2N/c1-11-16(12-2-6-14(20)7-3-12)10-22-18(19)17(11)13-4-8-15(21)9-5-13/h2-10H,1H3. The van der Waals surface area contributed by atoms with E-state index in [0.717, 1.165) is 27.8 Å². The number of aromatic nitrogens is 1. The summed E-state index contributed by atoms with van der Waals surface area (Å²) in [6.45, 7) is 1.92. The van der Waals surface area contributed by atoms with E-state index in [-0.39, 0.29) is 11.6 Å². The lowest BCUT2D eigenvalue weighted by atomic mass is 9.95. The first-order valence-electron chi connectivity index (χ1n) is 6.73. The van der Waals surface area contributed by atoms with E-state index in [1.54, 1.807) is 30.5 Å². The van der Waals surface area contributed by atoms with E-state index in [0.29, 0.717) is 5.15 Å². The predicted molar refractivity (Wildman–Crippen MR) is 84.8 cm³/mol. The molecule has 0 atom stereocenters. The SMILES string of the molecule is Cc1c(-c2ccc(F)cc2)cnc(Cl)c1-c1ccc(F)cc1. The zero-order chi connectivity index (χ0) is 15.7. The molecule has 1 heterocycles. The van der Waals surface area contributed by atoms with Crippen molar-refractivity contribution in [2.24, 2.45) is 0 Å². The van der Waals surface area contributed by atoms with Crippen molar-refractivity contribution in [1.29, 1.82) is 0 Å². The van der Waals surface area contributed by atoms with Gasteiger partial charge in [0.25, 0.3) is 0 Å².